The van der Waals surface area contributed by atoms with Gasteiger partial charge in [0.2, 0.25) is 5.91 Å². The van der Waals surface area contributed by atoms with E-state index in [0.717, 1.165) is 25.2 Å². The number of hydrogen-bond acceptors (Lipinski definition) is 4. The number of nitrogens with zero attached hydrogens (tertiary/aromatic N) is 5. The number of rotatable bonds is 7. The fourth-order valence-electron chi connectivity index (χ4n) is 1.65. The number of amides is 1. The van der Waals surface area contributed by atoms with E-state index in [0.29, 0.717) is 13.1 Å². The van der Waals surface area contributed by atoms with Crippen LogP contribution in [-0.4, -0.2) is 57.9 Å². The monoisotopic (exact) mass is 253 g/mol. The second-order valence-corrected chi connectivity index (χ2v) is 4.52. The maximum Gasteiger partial charge on any atom is 0.236 e. The van der Waals surface area contributed by atoms with Gasteiger partial charge in [-0.15, -0.1) is 0 Å². The molecule has 0 atom stereocenters. The molecule has 1 rings (SSSR count). The SMILES string of the molecule is CCCN(CC(=O)N(C)C)Cc1cnn(CC)n1. The molecule has 6 heteroatoms. The molecule has 0 spiro atoms. The minimum atomic E-state index is 0.117. The summed E-state index contributed by atoms with van der Waals surface area (Å²) in [5.41, 5.74) is 0.914. The molecule has 1 amide bonds. The number of likely N-dealkylation sites (N-methyl/N-ethyl adjacent to an activating group) is 1. The molecular formula is C12H23N5O. The van der Waals surface area contributed by atoms with Crippen LogP contribution in [0.1, 0.15) is 26.0 Å². The van der Waals surface area contributed by atoms with Gasteiger partial charge >= 0.3 is 0 Å². The number of aromatic nitrogens is 3. The first-order valence-electron chi connectivity index (χ1n) is 6.38. The zero-order chi connectivity index (χ0) is 13.5. The van der Waals surface area contributed by atoms with Gasteiger partial charge in [-0.25, -0.2) is 0 Å². The maximum atomic E-state index is 11.7. The topological polar surface area (TPSA) is 54.3 Å². The normalized spacial score (nSPS) is 10.9. The van der Waals surface area contributed by atoms with Gasteiger partial charge in [-0.2, -0.15) is 15.0 Å². The van der Waals surface area contributed by atoms with Gasteiger partial charge in [0.1, 0.15) is 0 Å². The molecule has 0 saturated carbocycles. The molecule has 0 aromatic carbocycles. The van der Waals surface area contributed by atoms with E-state index in [1.54, 1.807) is 30.0 Å². The fourth-order valence-corrected chi connectivity index (χ4v) is 1.65. The Bertz CT molecular complexity index is 374. The van der Waals surface area contributed by atoms with Crippen LogP contribution in [0, 0.1) is 0 Å². The molecule has 0 fully saturated rings. The Morgan fingerprint density at radius 1 is 1.39 bits per heavy atom. The highest BCUT2D eigenvalue weighted by Crippen LogP contribution is 2.02. The highest BCUT2D eigenvalue weighted by Gasteiger charge is 2.13. The molecule has 6 nitrogen and oxygen atoms in total. The maximum absolute atomic E-state index is 11.7. The smallest absolute Gasteiger partial charge is 0.236 e. The molecule has 1 aromatic heterocycles. The second kappa shape index (κ2) is 7.10. The predicted octanol–water partition coefficient (Wildman–Crippen LogP) is 0.598. The van der Waals surface area contributed by atoms with Crippen LogP contribution in [0.25, 0.3) is 0 Å². The molecule has 0 aliphatic heterocycles. The summed E-state index contributed by atoms with van der Waals surface area (Å²) < 4.78 is 0. The molecule has 18 heavy (non-hydrogen) atoms. The van der Waals surface area contributed by atoms with Gasteiger partial charge in [-0.05, 0) is 19.9 Å². The van der Waals surface area contributed by atoms with Crippen molar-refractivity contribution in [1.29, 1.82) is 0 Å². The first-order valence-corrected chi connectivity index (χ1v) is 6.38. The molecule has 0 aliphatic rings. The third kappa shape index (κ3) is 4.44. The highest BCUT2D eigenvalue weighted by molar-refractivity contribution is 5.77. The Balaban J connectivity index is 2.59. The van der Waals surface area contributed by atoms with Crippen molar-refractivity contribution < 1.29 is 4.79 Å². The van der Waals surface area contributed by atoms with E-state index in [1.165, 1.54) is 0 Å². The number of carbonyl (C=O) groups is 1. The Morgan fingerprint density at radius 2 is 2.11 bits per heavy atom. The largest absolute Gasteiger partial charge is 0.348 e. The summed E-state index contributed by atoms with van der Waals surface area (Å²) >= 11 is 0. The van der Waals surface area contributed by atoms with Crippen molar-refractivity contribution in [3.63, 3.8) is 0 Å². The minimum Gasteiger partial charge on any atom is -0.348 e. The Kier molecular flexibility index (Phi) is 5.77. The van der Waals surface area contributed by atoms with Crippen LogP contribution in [0.15, 0.2) is 6.20 Å². The Labute approximate surface area is 109 Å². The van der Waals surface area contributed by atoms with Gasteiger partial charge < -0.3 is 4.90 Å². The van der Waals surface area contributed by atoms with Crippen LogP contribution >= 0.6 is 0 Å². The first kappa shape index (κ1) is 14.6. The molecule has 0 aliphatic carbocycles. The molecule has 1 heterocycles. The average Bonchev–Trinajstić information content (AvgIpc) is 2.76. The van der Waals surface area contributed by atoms with Crippen molar-refractivity contribution in [2.24, 2.45) is 0 Å². The lowest BCUT2D eigenvalue weighted by Crippen LogP contribution is -2.36. The lowest BCUT2D eigenvalue weighted by molar-refractivity contribution is -0.130. The van der Waals surface area contributed by atoms with Gasteiger partial charge in [0.05, 0.1) is 25.0 Å². The molecule has 0 unspecified atom stereocenters. The molecule has 0 bridgehead atoms. The third-order valence-corrected chi connectivity index (χ3v) is 2.65. The summed E-state index contributed by atoms with van der Waals surface area (Å²) in [6.07, 6.45) is 2.79. The molecule has 1 aromatic rings. The van der Waals surface area contributed by atoms with Gasteiger partial charge in [0, 0.05) is 20.6 Å². The second-order valence-electron chi connectivity index (χ2n) is 4.52. The number of carbonyl (C=O) groups excluding carboxylic acids is 1. The average molecular weight is 253 g/mol. The van der Waals surface area contributed by atoms with E-state index >= 15 is 0 Å². The van der Waals surface area contributed by atoms with E-state index in [1.807, 2.05) is 6.92 Å². The van der Waals surface area contributed by atoms with Crippen LogP contribution < -0.4 is 0 Å². The predicted molar refractivity (Wildman–Crippen MR) is 70.0 cm³/mol. The van der Waals surface area contributed by atoms with Gasteiger partial charge in [0.25, 0.3) is 0 Å². The summed E-state index contributed by atoms with van der Waals surface area (Å²) in [6, 6.07) is 0. The molecule has 0 saturated heterocycles. The van der Waals surface area contributed by atoms with Crippen molar-refractivity contribution in [1.82, 2.24) is 24.8 Å². The van der Waals surface area contributed by atoms with Crippen LogP contribution in [0.5, 0.6) is 0 Å². The highest BCUT2D eigenvalue weighted by atomic mass is 16.2. The van der Waals surface area contributed by atoms with Crippen LogP contribution in [-0.2, 0) is 17.9 Å². The number of aryl methyl sites for hydroxylation is 1. The van der Waals surface area contributed by atoms with Gasteiger partial charge in [0.15, 0.2) is 0 Å². The van der Waals surface area contributed by atoms with Crippen molar-refractivity contribution in [2.75, 3.05) is 27.2 Å². The van der Waals surface area contributed by atoms with E-state index < -0.39 is 0 Å². The van der Waals surface area contributed by atoms with E-state index in [2.05, 4.69) is 22.0 Å². The van der Waals surface area contributed by atoms with Crippen LogP contribution in [0.3, 0.4) is 0 Å². The van der Waals surface area contributed by atoms with Crippen molar-refractivity contribution in [3.05, 3.63) is 11.9 Å². The van der Waals surface area contributed by atoms with Crippen LogP contribution in [0.2, 0.25) is 0 Å². The third-order valence-electron chi connectivity index (χ3n) is 2.65. The molecular weight excluding hydrogens is 230 g/mol. The van der Waals surface area contributed by atoms with Crippen molar-refractivity contribution >= 4 is 5.91 Å². The van der Waals surface area contributed by atoms with E-state index in [4.69, 9.17) is 0 Å². The zero-order valence-electron chi connectivity index (χ0n) is 11.8. The standard InChI is InChI=1S/C12H23N5O/c1-5-7-16(10-12(18)15(3)4)9-11-8-13-17(6-2)14-11/h8H,5-7,9-10H2,1-4H3. The summed E-state index contributed by atoms with van der Waals surface area (Å²) in [5.74, 6) is 0.117. The fraction of sp³-hybridized carbons (Fsp3) is 0.750. The quantitative estimate of drug-likeness (QED) is 0.714. The van der Waals surface area contributed by atoms with E-state index in [9.17, 15) is 4.79 Å². The Morgan fingerprint density at radius 3 is 2.61 bits per heavy atom. The van der Waals surface area contributed by atoms with Gasteiger partial charge in [-0.1, -0.05) is 6.92 Å². The summed E-state index contributed by atoms with van der Waals surface area (Å²) in [5, 5.41) is 8.49. The van der Waals surface area contributed by atoms with Crippen LogP contribution in [0.4, 0.5) is 0 Å². The zero-order valence-corrected chi connectivity index (χ0v) is 11.8. The number of hydrogen-bond donors (Lipinski definition) is 0. The molecule has 0 N–H and O–H groups in total. The molecule has 0 radical (unpaired) electrons. The summed E-state index contributed by atoms with van der Waals surface area (Å²) in [4.78, 5) is 17.1. The lowest BCUT2D eigenvalue weighted by Gasteiger charge is -2.21. The first-order chi connectivity index (χ1) is 8.56. The lowest BCUT2D eigenvalue weighted by atomic mass is 10.3. The molecule has 102 valence electrons. The summed E-state index contributed by atoms with van der Waals surface area (Å²) in [6.45, 7) is 6.87. The summed E-state index contributed by atoms with van der Waals surface area (Å²) in [7, 11) is 3.56. The van der Waals surface area contributed by atoms with Crippen molar-refractivity contribution in [2.45, 2.75) is 33.4 Å². The van der Waals surface area contributed by atoms with E-state index in [-0.39, 0.29) is 5.91 Å². The Hall–Kier alpha value is -1.43. The van der Waals surface area contributed by atoms with Crippen molar-refractivity contribution in [3.8, 4) is 0 Å². The van der Waals surface area contributed by atoms with Gasteiger partial charge in [-0.3, -0.25) is 9.69 Å². The minimum absolute atomic E-state index is 0.117.